The van der Waals surface area contributed by atoms with Crippen molar-refractivity contribution in [3.8, 4) is 5.75 Å². The van der Waals surface area contributed by atoms with Crippen molar-refractivity contribution in [3.63, 3.8) is 0 Å². The maximum atomic E-state index is 11.6. The molecule has 1 aliphatic rings. The van der Waals surface area contributed by atoms with E-state index in [4.69, 9.17) is 9.47 Å². The second-order valence-electron chi connectivity index (χ2n) is 4.22. The molecule has 0 fully saturated rings. The molecule has 0 spiro atoms. The van der Waals surface area contributed by atoms with Gasteiger partial charge in [-0.2, -0.15) is 0 Å². The molecule has 1 heterocycles. The Labute approximate surface area is 101 Å². The molecule has 1 aliphatic heterocycles. The van der Waals surface area contributed by atoms with Gasteiger partial charge in [0.05, 0.1) is 12.3 Å². The number of esters is 1. The van der Waals surface area contributed by atoms with Gasteiger partial charge in [-0.3, -0.25) is 0 Å². The first-order chi connectivity index (χ1) is 8.11. The molecule has 0 radical (unpaired) electrons. The molecule has 17 heavy (non-hydrogen) atoms. The Balaban J connectivity index is 2.21. The van der Waals surface area contributed by atoms with E-state index in [1.165, 1.54) is 0 Å². The van der Waals surface area contributed by atoms with Crippen LogP contribution in [0.5, 0.6) is 5.75 Å². The summed E-state index contributed by atoms with van der Waals surface area (Å²) in [5, 5.41) is 3.16. The fourth-order valence-electron chi connectivity index (χ4n) is 2.02. The normalized spacial score (nSPS) is 17.7. The van der Waals surface area contributed by atoms with Crippen LogP contribution < -0.4 is 10.1 Å². The number of hydrogen-bond acceptors (Lipinski definition) is 4. The van der Waals surface area contributed by atoms with Gasteiger partial charge in [0.1, 0.15) is 12.4 Å². The van der Waals surface area contributed by atoms with Crippen molar-refractivity contribution in [1.29, 1.82) is 0 Å². The third kappa shape index (κ3) is 2.35. The van der Waals surface area contributed by atoms with Gasteiger partial charge in [0, 0.05) is 0 Å². The lowest BCUT2D eigenvalue weighted by Crippen LogP contribution is -2.39. The highest BCUT2D eigenvalue weighted by Crippen LogP contribution is 2.33. The van der Waals surface area contributed by atoms with Crippen molar-refractivity contribution in [1.82, 2.24) is 0 Å². The van der Waals surface area contributed by atoms with E-state index < -0.39 is 6.04 Å². The third-order valence-electron chi connectivity index (χ3n) is 2.71. The number of ether oxygens (including phenoxy) is 2. The van der Waals surface area contributed by atoms with Crippen LogP contribution in [0.4, 0.5) is 5.69 Å². The number of carbonyl (C=O) groups is 1. The van der Waals surface area contributed by atoms with E-state index in [2.05, 4.69) is 11.4 Å². The van der Waals surface area contributed by atoms with Crippen LogP contribution in [0.3, 0.4) is 0 Å². The predicted molar refractivity (Wildman–Crippen MR) is 65.5 cm³/mol. The molecule has 1 aromatic rings. The fraction of sp³-hybridized carbons (Fsp3) is 0.462. The van der Waals surface area contributed by atoms with E-state index in [9.17, 15) is 4.79 Å². The van der Waals surface area contributed by atoms with Gasteiger partial charge in [0.2, 0.25) is 0 Å². The first-order valence-corrected chi connectivity index (χ1v) is 5.79. The molecule has 0 aliphatic carbocycles. The average molecular weight is 235 g/mol. The summed E-state index contributed by atoms with van der Waals surface area (Å²) in [4.78, 5) is 11.6. The molecule has 1 atom stereocenters. The summed E-state index contributed by atoms with van der Waals surface area (Å²) in [5.74, 6) is 0.563. The maximum Gasteiger partial charge on any atom is 0.332 e. The lowest BCUT2D eigenvalue weighted by Gasteiger charge is -2.27. The Morgan fingerprint density at radius 2 is 2.29 bits per heavy atom. The minimum absolute atomic E-state index is 0.266. The molecule has 0 amide bonds. The molecule has 0 saturated heterocycles. The number of nitrogens with one attached hydrogen (secondary N) is 1. The van der Waals surface area contributed by atoms with Gasteiger partial charge in [-0.05, 0) is 38.0 Å². The van der Waals surface area contributed by atoms with E-state index >= 15 is 0 Å². The molecule has 4 nitrogen and oxygen atoms in total. The summed E-state index contributed by atoms with van der Waals surface area (Å²) in [6.07, 6.45) is 0. The Kier molecular flexibility index (Phi) is 3.22. The number of carbonyl (C=O) groups excluding carboxylic acids is 1. The van der Waals surface area contributed by atoms with Crippen molar-refractivity contribution in [2.75, 3.05) is 18.5 Å². The van der Waals surface area contributed by atoms with Crippen LogP contribution in [0.1, 0.15) is 18.1 Å². The van der Waals surface area contributed by atoms with E-state index in [-0.39, 0.29) is 5.97 Å². The predicted octanol–water partition coefficient (Wildman–Crippen LogP) is 2.04. The number of benzene rings is 1. The summed E-state index contributed by atoms with van der Waals surface area (Å²) in [5.41, 5.74) is 3.09. The molecule has 92 valence electrons. The molecule has 0 aromatic heterocycles. The molecule has 1 unspecified atom stereocenters. The van der Waals surface area contributed by atoms with Gasteiger partial charge in [-0.25, -0.2) is 4.79 Å². The van der Waals surface area contributed by atoms with Crippen molar-refractivity contribution in [3.05, 3.63) is 23.3 Å². The summed E-state index contributed by atoms with van der Waals surface area (Å²) in [6, 6.07) is 3.63. The zero-order valence-corrected chi connectivity index (χ0v) is 10.4. The molecule has 0 bridgehead atoms. The third-order valence-corrected chi connectivity index (χ3v) is 2.71. The Bertz CT molecular complexity index is 443. The van der Waals surface area contributed by atoms with Crippen molar-refractivity contribution in [2.45, 2.75) is 26.8 Å². The number of aryl methyl sites for hydroxylation is 2. The Morgan fingerprint density at radius 3 is 3.00 bits per heavy atom. The highest BCUT2D eigenvalue weighted by Gasteiger charge is 2.27. The molecular formula is C13H17NO3. The largest absolute Gasteiger partial charge is 0.488 e. The summed E-state index contributed by atoms with van der Waals surface area (Å²) in [7, 11) is 0. The van der Waals surface area contributed by atoms with Gasteiger partial charge < -0.3 is 14.8 Å². The molecular weight excluding hydrogens is 218 g/mol. The second-order valence-corrected chi connectivity index (χ2v) is 4.22. The SMILES string of the molecule is CCOC(=O)C1COc2c(C)cc(C)cc2N1. The van der Waals surface area contributed by atoms with E-state index in [1.54, 1.807) is 6.92 Å². The first-order valence-electron chi connectivity index (χ1n) is 5.79. The topological polar surface area (TPSA) is 47.6 Å². The van der Waals surface area contributed by atoms with Crippen LogP contribution in [0.25, 0.3) is 0 Å². The highest BCUT2D eigenvalue weighted by atomic mass is 16.5. The van der Waals surface area contributed by atoms with Crippen molar-refractivity contribution in [2.24, 2.45) is 0 Å². The lowest BCUT2D eigenvalue weighted by molar-refractivity contribution is -0.144. The standard InChI is InChI=1S/C13H17NO3/c1-4-16-13(15)11-7-17-12-9(3)5-8(2)6-10(12)14-11/h5-6,11,14H,4,7H2,1-3H3. The number of anilines is 1. The smallest absolute Gasteiger partial charge is 0.332 e. The minimum atomic E-state index is -0.413. The monoisotopic (exact) mass is 235 g/mol. The van der Waals surface area contributed by atoms with E-state index in [0.29, 0.717) is 13.2 Å². The number of hydrogen-bond donors (Lipinski definition) is 1. The summed E-state index contributed by atoms with van der Waals surface area (Å²) in [6.45, 7) is 6.51. The first kappa shape index (κ1) is 11.8. The fourth-order valence-corrected chi connectivity index (χ4v) is 2.02. The van der Waals surface area contributed by atoms with Crippen LogP contribution in [0.15, 0.2) is 12.1 Å². The summed E-state index contributed by atoms with van der Waals surface area (Å²) < 4.78 is 10.6. The van der Waals surface area contributed by atoms with Crippen LogP contribution >= 0.6 is 0 Å². The second kappa shape index (κ2) is 4.65. The quantitative estimate of drug-likeness (QED) is 0.797. The number of fused-ring (bicyclic) bond motifs is 1. The Morgan fingerprint density at radius 1 is 1.53 bits per heavy atom. The number of rotatable bonds is 2. The average Bonchev–Trinajstić information content (AvgIpc) is 2.28. The van der Waals surface area contributed by atoms with Crippen LogP contribution in [0, 0.1) is 13.8 Å². The van der Waals surface area contributed by atoms with Gasteiger partial charge >= 0.3 is 5.97 Å². The van der Waals surface area contributed by atoms with E-state index in [0.717, 1.165) is 22.6 Å². The minimum Gasteiger partial charge on any atom is -0.488 e. The zero-order chi connectivity index (χ0) is 12.4. The van der Waals surface area contributed by atoms with Crippen molar-refractivity contribution < 1.29 is 14.3 Å². The maximum absolute atomic E-state index is 11.6. The van der Waals surface area contributed by atoms with Crippen LogP contribution in [-0.2, 0) is 9.53 Å². The van der Waals surface area contributed by atoms with Crippen LogP contribution in [-0.4, -0.2) is 25.2 Å². The van der Waals surface area contributed by atoms with Gasteiger partial charge in [0.25, 0.3) is 0 Å². The highest BCUT2D eigenvalue weighted by molar-refractivity contribution is 5.81. The van der Waals surface area contributed by atoms with Gasteiger partial charge in [-0.15, -0.1) is 0 Å². The molecule has 1 N–H and O–H groups in total. The van der Waals surface area contributed by atoms with Crippen molar-refractivity contribution >= 4 is 11.7 Å². The van der Waals surface area contributed by atoms with Gasteiger partial charge in [-0.1, -0.05) is 6.07 Å². The zero-order valence-electron chi connectivity index (χ0n) is 10.4. The molecule has 1 aromatic carbocycles. The Hall–Kier alpha value is -1.71. The molecule has 2 rings (SSSR count). The van der Waals surface area contributed by atoms with Gasteiger partial charge in [0.15, 0.2) is 6.04 Å². The molecule has 4 heteroatoms. The van der Waals surface area contributed by atoms with Crippen LogP contribution in [0.2, 0.25) is 0 Å². The van der Waals surface area contributed by atoms with E-state index in [1.807, 2.05) is 19.9 Å². The summed E-state index contributed by atoms with van der Waals surface area (Å²) >= 11 is 0. The lowest BCUT2D eigenvalue weighted by atomic mass is 10.1. The molecule has 0 saturated carbocycles.